The maximum absolute atomic E-state index is 10.7. The van der Waals surface area contributed by atoms with Crippen molar-refractivity contribution in [3.63, 3.8) is 0 Å². The van der Waals surface area contributed by atoms with E-state index in [0.717, 1.165) is 12.8 Å². The summed E-state index contributed by atoms with van der Waals surface area (Å²) in [5, 5.41) is 24.8. The number of nitrogens with one attached hydrogen (secondary N) is 2. The number of aliphatic hydroxyl groups is 2. The van der Waals surface area contributed by atoms with Crippen LogP contribution in [0.25, 0.3) is 0 Å². The summed E-state index contributed by atoms with van der Waals surface area (Å²) in [5.41, 5.74) is 0. The van der Waals surface area contributed by atoms with Crippen LogP contribution in [-0.2, 0) is 9.59 Å². The van der Waals surface area contributed by atoms with Crippen molar-refractivity contribution in [3.8, 4) is 0 Å². The Morgan fingerprint density at radius 3 is 1.62 bits per heavy atom. The molecule has 4 N–H and O–H groups in total. The van der Waals surface area contributed by atoms with E-state index >= 15 is 0 Å². The number of carbonyl (C=O) groups is 2. The van der Waals surface area contributed by atoms with E-state index < -0.39 is 12.2 Å². The van der Waals surface area contributed by atoms with E-state index in [1.165, 1.54) is 25.6 Å². The third kappa shape index (κ3) is 15.4. The van der Waals surface area contributed by atoms with Gasteiger partial charge in [-0.1, -0.05) is 0 Å². The quantitative estimate of drug-likeness (QED) is 0.387. The summed E-state index contributed by atoms with van der Waals surface area (Å²) >= 11 is 1.52. The Morgan fingerprint density at radius 2 is 1.29 bits per heavy atom. The number of aliphatic hydroxyl groups excluding tert-OH is 2. The molecule has 0 aromatic rings. The van der Waals surface area contributed by atoms with Crippen LogP contribution in [0.3, 0.4) is 0 Å². The SMILES string of the molecule is CC(=O)NCCCC(O)CSCC(O)CCCNC(C)=O. The van der Waals surface area contributed by atoms with Crippen LogP contribution in [0.5, 0.6) is 0 Å². The molecule has 7 heteroatoms. The Bertz CT molecular complexity index is 275. The van der Waals surface area contributed by atoms with Crippen LogP contribution in [0, 0.1) is 0 Å². The van der Waals surface area contributed by atoms with Crippen molar-refractivity contribution in [2.24, 2.45) is 0 Å². The van der Waals surface area contributed by atoms with Gasteiger partial charge in [-0.05, 0) is 25.7 Å². The first kappa shape index (κ1) is 20.2. The zero-order chi connectivity index (χ0) is 16.1. The molecule has 124 valence electrons. The largest absolute Gasteiger partial charge is 0.392 e. The fraction of sp³-hybridized carbons (Fsp3) is 0.857. The summed E-state index contributed by atoms with van der Waals surface area (Å²) in [6, 6.07) is 0. The number of rotatable bonds is 12. The van der Waals surface area contributed by atoms with Gasteiger partial charge in [0.05, 0.1) is 12.2 Å². The third-order valence-electron chi connectivity index (χ3n) is 2.80. The van der Waals surface area contributed by atoms with Crippen molar-refractivity contribution in [2.75, 3.05) is 24.6 Å². The Balaban J connectivity index is 3.42. The summed E-state index contributed by atoms with van der Waals surface area (Å²) in [4.78, 5) is 21.3. The van der Waals surface area contributed by atoms with Crippen molar-refractivity contribution in [3.05, 3.63) is 0 Å². The second-order valence-corrected chi connectivity index (χ2v) is 6.17. The van der Waals surface area contributed by atoms with Crippen molar-refractivity contribution in [1.82, 2.24) is 10.6 Å². The molecule has 2 amide bonds. The van der Waals surface area contributed by atoms with Crippen LogP contribution in [0.1, 0.15) is 39.5 Å². The molecule has 2 atom stereocenters. The van der Waals surface area contributed by atoms with Gasteiger partial charge >= 0.3 is 0 Å². The van der Waals surface area contributed by atoms with Crippen molar-refractivity contribution < 1.29 is 19.8 Å². The van der Waals surface area contributed by atoms with Crippen molar-refractivity contribution >= 4 is 23.6 Å². The monoisotopic (exact) mass is 320 g/mol. The van der Waals surface area contributed by atoms with Crippen LogP contribution >= 0.6 is 11.8 Å². The number of hydrogen-bond donors (Lipinski definition) is 4. The first-order valence-electron chi connectivity index (χ1n) is 7.34. The van der Waals surface area contributed by atoms with Crippen LogP contribution < -0.4 is 10.6 Å². The van der Waals surface area contributed by atoms with E-state index in [-0.39, 0.29) is 11.8 Å². The second kappa shape index (κ2) is 12.9. The number of thioether (sulfide) groups is 1. The van der Waals surface area contributed by atoms with E-state index in [4.69, 9.17) is 0 Å². The predicted octanol–water partition coefficient (Wildman–Crippen LogP) is 0.274. The molecule has 0 aromatic heterocycles. The lowest BCUT2D eigenvalue weighted by molar-refractivity contribution is -0.119. The van der Waals surface area contributed by atoms with E-state index in [9.17, 15) is 19.8 Å². The molecule has 0 heterocycles. The highest BCUT2D eigenvalue weighted by Crippen LogP contribution is 2.11. The maximum Gasteiger partial charge on any atom is 0.216 e. The fourth-order valence-electron chi connectivity index (χ4n) is 1.71. The highest BCUT2D eigenvalue weighted by Gasteiger charge is 2.08. The average Bonchev–Trinajstić information content (AvgIpc) is 2.39. The van der Waals surface area contributed by atoms with Gasteiger partial charge in [0.15, 0.2) is 0 Å². The van der Waals surface area contributed by atoms with Gasteiger partial charge in [0.2, 0.25) is 11.8 Å². The van der Waals surface area contributed by atoms with Gasteiger partial charge in [-0.15, -0.1) is 0 Å². The third-order valence-corrected chi connectivity index (χ3v) is 4.04. The highest BCUT2D eigenvalue weighted by molar-refractivity contribution is 7.99. The fourth-order valence-corrected chi connectivity index (χ4v) is 2.72. The van der Waals surface area contributed by atoms with Gasteiger partial charge in [0.25, 0.3) is 0 Å². The lowest BCUT2D eigenvalue weighted by Crippen LogP contribution is -2.23. The van der Waals surface area contributed by atoms with Gasteiger partial charge in [0.1, 0.15) is 0 Å². The number of amides is 2. The lowest BCUT2D eigenvalue weighted by Gasteiger charge is -2.13. The molecule has 0 aromatic carbocycles. The highest BCUT2D eigenvalue weighted by atomic mass is 32.2. The van der Waals surface area contributed by atoms with E-state index in [1.54, 1.807) is 0 Å². The molecule has 21 heavy (non-hydrogen) atoms. The topological polar surface area (TPSA) is 98.7 Å². The van der Waals surface area contributed by atoms with E-state index in [1.807, 2.05) is 0 Å². The molecule has 0 aliphatic heterocycles. The molecule has 0 radical (unpaired) electrons. The molecule has 6 nitrogen and oxygen atoms in total. The van der Waals surface area contributed by atoms with Crippen LogP contribution in [0.2, 0.25) is 0 Å². The molecule has 0 fully saturated rings. The minimum absolute atomic E-state index is 0.0544. The van der Waals surface area contributed by atoms with E-state index in [2.05, 4.69) is 10.6 Å². The first-order valence-corrected chi connectivity index (χ1v) is 8.50. The molecule has 0 saturated carbocycles. The Hall–Kier alpha value is -0.790. The normalized spacial score (nSPS) is 13.5. The molecule has 0 aliphatic rings. The Morgan fingerprint density at radius 1 is 0.905 bits per heavy atom. The summed E-state index contributed by atoms with van der Waals surface area (Å²) in [6.45, 7) is 4.12. The molecular weight excluding hydrogens is 292 g/mol. The molecule has 0 saturated heterocycles. The van der Waals surface area contributed by atoms with Crippen molar-refractivity contribution in [2.45, 2.75) is 51.7 Å². The summed E-state index contributed by atoms with van der Waals surface area (Å²) in [7, 11) is 0. The van der Waals surface area contributed by atoms with Gasteiger partial charge < -0.3 is 20.8 Å². The minimum Gasteiger partial charge on any atom is -0.392 e. The van der Waals surface area contributed by atoms with Gasteiger partial charge in [0, 0.05) is 38.4 Å². The Kier molecular flexibility index (Phi) is 12.4. The minimum atomic E-state index is -0.407. The number of hydrogen-bond acceptors (Lipinski definition) is 5. The summed E-state index contributed by atoms with van der Waals surface area (Å²) in [6.07, 6.45) is 1.98. The van der Waals surface area contributed by atoms with Crippen LogP contribution in [0.4, 0.5) is 0 Å². The lowest BCUT2D eigenvalue weighted by atomic mass is 10.2. The molecule has 2 unspecified atom stereocenters. The van der Waals surface area contributed by atoms with Gasteiger partial charge in [-0.3, -0.25) is 9.59 Å². The summed E-state index contributed by atoms with van der Waals surface area (Å²) in [5.74, 6) is 1.06. The van der Waals surface area contributed by atoms with Gasteiger partial charge in [-0.25, -0.2) is 0 Å². The average molecular weight is 320 g/mol. The van der Waals surface area contributed by atoms with Gasteiger partial charge in [-0.2, -0.15) is 11.8 Å². The standard InChI is InChI=1S/C14H28N2O4S/c1-11(17)15-7-3-5-13(19)9-21-10-14(20)6-4-8-16-12(2)18/h13-14,19-20H,3-10H2,1-2H3,(H,15,17)(H,16,18). The molecule has 0 rings (SSSR count). The zero-order valence-electron chi connectivity index (χ0n) is 12.9. The molecular formula is C14H28N2O4S. The van der Waals surface area contributed by atoms with E-state index in [0.29, 0.717) is 37.4 Å². The molecule has 0 bridgehead atoms. The summed E-state index contributed by atoms with van der Waals surface area (Å²) < 4.78 is 0. The molecule has 0 spiro atoms. The van der Waals surface area contributed by atoms with Crippen molar-refractivity contribution in [1.29, 1.82) is 0 Å². The van der Waals surface area contributed by atoms with Crippen LogP contribution in [-0.4, -0.2) is 58.8 Å². The van der Waals surface area contributed by atoms with Crippen LogP contribution in [0.15, 0.2) is 0 Å². The first-order chi connectivity index (χ1) is 9.91. The maximum atomic E-state index is 10.7. The number of carbonyl (C=O) groups excluding carboxylic acids is 2. The molecule has 0 aliphatic carbocycles. The second-order valence-electron chi connectivity index (χ2n) is 5.10. The predicted molar refractivity (Wildman–Crippen MR) is 85.2 cm³/mol. The zero-order valence-corrected chi connectivity index (χ0v) is 13.7. The smallest absolute Gasteiger partial charge is 0.216 e. The Labute approximate surface area is 131 Å².